The van der Waals surface area contributed by atoms with Crippen LogP contribution in [0.15, 0.2) is 0 Å². The fraction of sp³-hybridized carbons (Fsp3) is 0.929. The van der Waals surface area contributed by atoms with Crippen LogP contribution in [0.5, 0.6) is 0 Å². The highest BCUT2D eigenvalue weighted by atomic mass is 16.6. The molecule has 0 aromatic carbocycles. The summed E-state index contributed by atoms with van der Waals surface area (Å²) in [6.45, 7) is 5.62. The molecule has 0 unspecified atom stereocenters. The molecule has 0 heterocycles. The van der Waals surface area contributed by atoms with Gasteiger partial charge in [-0.05, 0) is 64.7 Å². The summed E-state index contributed by atoms with van der Waals surface area (Å²) in [5.41, 5.74) is -0.0520. The first-order valence-electron chi connectivity index (χ1n) is 6.96. The summed E-state index contributed by atoms with van der Waals surface area (Å²) in [6.07, 6.45) is 5.75. The Morgan fingerprint density at radius 1 is 1.28 bits per heavy atom. The van der Waals surface area contributed by atoms with Gasteiger partial charge in [0.25, 0.3) is 0 Å². The van der Waals surface area contributed by atoms with Crippen molar-refractivity contribution in [3.05, 3.63) is 0 Å². The molecule has 4 heteroatoms. The first kappa shape index (κ1) is 13.7. The van der Waals surface area contributed by atoms with E-state index in [-0.39, 0.29) is 18.2 Å². The predicted octanol–water partition coefficient (Wildman–Crippen LogP) is 2.59. The van der Waals surface area contributed by atoms with Crippen molar-refractivity contribution in [2.75, 3.05) is 0 Å². The Kier molecular flexibility index (Phi) is 3.58. The third kappa shape index (κ3) is 3.37. The number of carbonyl (C=O) groups is 1. The van der Waals surface area contributed by atoms with Crippen LogP contribution in [0.1, 0.15) is 59.3 Å². The van der Waals surface area contributed by atoms with Crippen LogP contribution in [0.25, 0.3) is 0 Å². The minimum atomic E-state index is -0.432. The van der Waals surface area contributed by atoms with E-state index in [9.17, 15) is 9.90 Å². The van der Waals surface area contributed by atoms with Gasteiger partial charge in [0.05, 0.1) is 6.10 Å². The Morgan fingerprint density at radius 3 is 2.28 bits per heavy atom. The smallest absolute Gasteiger partial charge is 0.407 e. The number of aliphatic hydroxyl groups excluding tert-OH is 1. The molecule has 2 aliphatic carbocycles. The lowest BCUT2D eigenvalue weighted by molar-refractivity contribution is -0.0586. The lowest BCUT2D eigenvalue weighted by Gasteiger charge is -2.49. The molecule has 0 radical (unpaired) electrons. The zero-order valence-corrected chi connectivity index (χ0v) is 11.7. The minimum absolute atomic E-state index is 0.0830. The average Bonchev–Trinajstić information content (AvgIpc) is 2.16. The van der Waals surface area contributed by atoms with Gasteiger partial charge in [-0.3, -0.25) is 0 Å². The number of rotatable bonds is 1. The monoisotopic (exact) mass is 255 g/mol. The van der Waals surface area contributed by atoms with Crippen LogP contribution in [-0.4, -0.2) is 28.9 Å². The molecule has 2 fully saturated rings. The van der Waals surface area contributed by atoms with E-state index < -0.39 is 5.60 Å². The summed E-state index contributed by atoms with van der Waals surface area (Å²) < 4.78 is 5.26. The molecule has 2 aliphatic rings. The van der Waals surface area contributed by atoms with Crippen molar-refractivity contribution < 1.29 is 14.6 Å². The van der Waals surface area contributed by atoms with E-state index in [0.717, 1.165) is 38.5 Å². The number of ether oxygens (including phenoxy) is 1. The normalized spacial score (nSPS) is 36.0. The Morgan fingerprint density at radius 2 is 1.83 bits per heavy atom. The van der Waals surface area contributed by atoms with Crippen molar-refractivity contribution in [3.63, 3.8) is 0 Å². The van der Waals surface area contributed by atoms with E-state index >= 15 is 0 Å². The van der Waals surface area contributed by atoms with Crippen molar-refractivity contribution in [2.24, 2.45) is 5.41 Å². The summed E-state index contributed by atoms with van der Waals surface area (Å²) in [7, 11) is 0. The molecule has 0 atom stereocenters. The van der Waals surface area contributed by atoms with Crippen LogP contribution in [0, 0.1) is 5.41 Å². The number of amides is 1. The van der Waals surface area contributed by atoms with Gasteiger partial charge in [0, 0.05) is 6.04 Å². The van der Waals surface area contributed by atoms with E-state index in [2.05, 4.69) is 5.32 Å². The highest BCUT2D eigenvalue weighted by molar-refractivity contribution is 5.68. The fourth-order valence-corrected chi connectivity index (χ4v) is 3.20. The van der Waals surface area contributed by atoms with Gasteiger partial charge in [-0.1, -0.05) is 0 Å². The van der Waals surface area contributed by atoms with Gasteiger partial charge in [0.15, 0.2) is 0 Å². The van der Waals surface area contributed by atoms with Gasteiger partial charge >= 0.3 is 6.09 Å². The van der Waals surface area contributed by atoms with Crippen LogP contribution in [0.4, 0.5) is 4.79 Å². The van der Waals surface area contributed by atoms with E-state index in [1.807, 2.05) is 20.8 Å². The molecule has 2 saturated carbocycles. The Bertz CT molecular complexity index is 305. The van der Waals surface area contributed by atoms with E-state index in [1.165, 1.54) is 0 Å². The third-order valence-corrected chi connectivity index (χ3v) is 4.10. The van der Waals surface area contributed by atoms with Crippen LogP contribution in [0.3, 0.4) is 0 Å². The van der Waals surface area contributed by atoms with Crippen molar-refractivity contribution in [3.8, 4) is 0 Å². The molecular weight excluding hydrogens is 230 g/mol. The first-order valence-corrected chi connectivity index (χ1v) is 6.96. The molecule has 1 spiro atoms. The SMILES string of the molecule is CC(C)(C)OC(=O)NC1CCC2(CC1)CC(O)C2. The molecule has 18 heavy (non-hydrogen) atoms. The lowest BCUT2D eigenvalue weighted by atomic mass is 9.59. The topological polar surface area (TPSA) is 58.6 Å². The zero-order valence-electron chi connectivity index (χ0n) is 11.7. The quantitative estimate of drug-likeness (QED) is 0.757. The van der Waals surface area contributed by atoms with Crippen LogP contribution in [-0.2, 0) is 4.74 Å². The van der Waals surface area contributed by atoms with Crippen LogP contribution in [0.2, 0.25) is 0 Å². The summed E-state index contributed by atoms with van der Waals surface area (Å²) in [5, 5.41) is 12.4. The van der Waals surface area contributed by atoms with E-state index in [1.54, 1.807) is 0 Å². The molecule has 2 rings (SSSR count). The maximum atomic E-state index is 11.7. The number of nitrogens with one attached hydrogen (secondary N) is 1. The fourth-order valence-electron chi connectivity index (χ4n) is 3.20. The van der Waals surface area contributed by atoms with Gasteiger partial charge in [-0.2, -0.15) is 0 Å². The summed E-state index contributed by atoms with van der Waals surface area (Å²) in [6, 6.07) is 0.239. The second-order valence-electron chi connectivity index (χ2n) is 6.98. The maximum Gasteiger partial charge on any atom is 0.407 e. The lowest BCUT2D eigenvalue weighted by Crippen LogP contribution is -2.48. The highest BCUT2D eigenvalue weighted by Gasteiger charge is 2.45. The van der Waals surface area contributed by atoms with Gasteiger partial charge < -0.3 is 15.2 Å². The second-order valence-corrected chi connectivity index (χ2v) is 6.98. The maximum absolute atomic E-state index is 11.7. The van der Waals surface area contributed by atoms with Gasteiger partial charge in [-0.25, -0.2) is 4.79 Å². The predicted molar refractivity (Wildman–Crippen MR) is 69.3 cm³/mol. The summed E-state index contributed by atoms with van der Waals surface area (Å²) in [4.78, 5) is 11.7. The molecule has 2 N–H and O–H groups in total. The van der Waals surface area contributed by atoms with Gasteiger partial charge in [-0.15, -0.1) is 0 Å². The Balaban J connectivity index is 1.72. The van der Waals surface area contributed by atoms with Crippen molar-refractivity contribution >= 4 is 6.09 Å². The first-order chi connectivity index (χ1) is 8.28. The number of hydrogen-bond donors (Lipinski definition) is 2. The standard InChI is InChI=1S/C14H25NO3/c1-13(2,3)18-12(17)15-10-4-6-14(7-5-10)8-11(16)9-14/h10-11,16H,4-9H2,1-3H3,(H,15,17). The molecular formula is C14H25NO3. The van der Waals surface area contributed by atoms with Crippen molar-refractivity contribution in [1.82, 2.24) is 5.32 Å². The van der Waals surface area contributed by atoms with Crippen molar-refractivity contribution in [1.29, 1.82) is 0 Å². The molecule has 0 saturated heterocycles. The molecule has 1 amide bonds. The summed E-state index contributed by atoms with van der Waals surface area (Å²) >= 11 is 0. The number of carbonyl (C=O) groups excluding carboxylic acids is 1. The average molecular weight is 255 g/mol. The van der Waals surface area contributed by atoms with E-state index in [0.29, 0.717) is 5.41 Å². The zero-order chi connectivity index (χ0) is 13.4. The van der Waals surface area contributed by atoms with Crippen LogP contribution < -0.4 is 5.32 Å². The number of hydrogen-bond acceptors (Lipinski definition) is 3. The van der Waals surface area contributed by atoms with Gasteiger partial charge in [0.1, 0.15) is 5.60 Å². The third-order valence-electron chi connectivity index (χ3n) is 4.10. The largest absolute Gasteiger partial charge is 0.444 e. The Hall–Kier alpha value is -0.770. The molecule has 104 valence electrons. The summed E-state index contributed by atoms with van der Waals surface area (Å²) in [5.74, 6) is 0. The minimum Gasteiger partial charge on any atom is -0.444 e. The highest BCUT2D eigenvalue weighted by Crippen LogP contribution is 2.51. The number of aliphatic hydroxyl groups is 1. The van der Waals surface area contributed by atoms with Gasteiger partial charge in [0.2, 0.25) is 0 Å². The van der Waals surface area contributed by atoms with E-state index in [4.69, 9.17) is 4.74 Å². The molecule has 4 nitrogen and oxygen atoms in total. The molecule has 0 aromatic heterocycles. The molecule has 0 aromatic rings. The molecule has 0 aliphatic heterocycles. The molecule has 0 bridgehead atoms. The number of alkyl carbamates (subject to hydrolysis) is 1. The van der Waals surface area contributed by atoms with Crippen LogP contribution >= 0.6 is 0 Å². The Labute approximate surface area is 109 Å². The van der Waals surface area contributed by atoms with Crippen molar-refractivity contribution in [2.45, 2.75) is 77.0 Å². The second kappa shape index (κ2) is 4.72.